The van der Waals surface area contributed by atoms with Crippen LogP contribution in [0.2, 0.25) is 0 Å². The van der Waals surface area contributed by atoms with Crippen LogP contribution in [0.5, 0.6) is 5.75 Å². The van der Waals surface area contributed by atoms with E-state index in [1.807, 2.05) is 24.4 Å². The number of nitrogens with one attached hydrogen (secondary N) is 1. The number of benzene rings is 1. The Hall–Kier alpha value is -2.40. The number of para-hydroxylation sites is 1. The molecule has 0 unspecified atom stereocenters. The number of rotatable bonds is 7. The fourth-order valence-electron chi connectivity index (χ4n) is 4.49. The number of likely N-dealkylation sites (tertiary alicyclic amines) is 1. The summed E-state index contributed by atoms with van der Waals surface area (Å²) < 4.78 is 5.65. The van der Waals surface area contributed by atoms with Crippen molar-refractivity contribution in [2.24, 2.45) is 11.8 Å². The molecule has 1 saturated heterocycles. The van der Waals surface area contributed by atoms with Gasteiger partial charge in [0.05, 0.1) is 18.8 Å². The van der Waals surface area contributed by atoms with E-state index in [1.165, 1.54) is 11.1 Å². The maximum Gasteiger partial charge on any atom is 0.223 e. The van der Waals surface area contributed by atoms with Gasteiger partial charge in [0, 0.05) is 30.8 Å². The molecule has 1 saturated carbocycles. The molecular weight excluding hydrogens is 362 g/mol. The number of piperidine rings is 1. The number of hydrogen-bond acceptors (Lipinski definition) is 4. The molecule has 0 bridgehead atoms. The quantitative estimate of drug-likeness (QED) is 0.776. The first-order valence-electron chi connectivity index (χ1n) is 10.7. The zero-order valence-corrected chi connectivity index (χ0v) is 17.4. The number of ether oxygens (including phenoxy) is 1. The third-order valence-corrected chi connectivity index (χ3v) is 6.16. The second-order valence-corrected chi connectivity index (χ2v) is 8.42. The van der Waals surface area contributed by atoms with Crippen LogP contribution in [0, 0.1) is 18.8 Å². The lowest BCUT2D eigenvalue weighted by Gasteiger charge is -2.37. The molecule has 0 radical (unpaired) electrons. The van der Waals surface area contributed by atoms with Gasteiger partial charge in [0.15, 0.2) is 0 Å². The molecule has 1 aliphatic carbocycles. The summed E-state index contributed by atoms with van der Waals surface area (Å²) >= 11 is 0. The van der Waals surface area contributed by atoms with E-state index in [0.29, 0.717) is 5.92 Å². The van der Waals surface area contributed by atoms with Gasteiger partial charge in [-0.15, -0.1) is 0 Å². The molecule has 2 fully saturated rings. The maximum atomic E-state index is 12.6. The lowest BCUT2D eigenvalue weighted by Crippen LogP contribution is -2.43. The summed E-state index contributed by atoms with van der Waals surface area (Å²) in [6, 6.07) is 12.3. The number of hydrogen-bond donors (Lipinski definition) is 1. The van der Waals surface area contributed by atoms with Gasteiger partial charge in [0.1, 0.15) is 5.75 Å². The first-order chi connectivity index (χ1) is 14.2. The minimum absolute atomic E-state index is 0.0218. The molecule has 5 heteroatoms. The van der Waals surface area contributed by atoms with Crippen LogP contribution >= 0.6 is 0 Å². The Labute approximate surface area is 173 Å². The average molecular weight is 394 g/mol. The summed E-state index contributed by atoms with van der Waals surface area (Å²) in [5.74, 6) is 1.74. The summed E-state index contributed by atoms with van der Waals surface area (Å²) in [6.45, 7) is 4.97. The number of pyridine rings is 1. The number of aryl methyl sites for hydroxylation is 1. The average Bonchev–Trinajstić information content (AvgIpc) is 3.58. The van der Waals surface area contributed by atoms with Gasteiger partial charge in [-0.25, -0.2) is 0 Å². The van der Waals surface area contributed by atoms with Crippen LogP contribution in [0.25, 0.3) is 0 Å². The van der Waals surface area contributed by atoms with E-state index >= 15 is 0 Å². The Kier molecular flexibility index (Phi) is 6.14. The van der Waals surface area contributed by atoms with Crippen molar-refractivity contribution >= 4 is 5.91 Å². The summed E-state index contributed by atoms with van der Waals surface area (Å²) in [5, 5.41) is 3.33. The Balaban J connectivity index is 1.50. The maximum absolute atomic E-state index is 12.6. The summed E-state index contributed by atoms with van der Waals surface area (Å²) in [7, 11) is 1.75. The monoisotopic (exact) mass is 393 g/mol. The topological polar surface area (TPSA) is 54.5 Å². The first-order valence-corrected chi connectivity index (χ1v) is 10.7. The van der Waals surface area contributed by atoms with Crippen molar-refractivity contribution in [2.45, 2.75) is 45.2 Å². The molecule has 29 heavy (non-hydrogen) atoms. The van der Waals surface area contributed by atoms with Crippen molar-refractivity contribution in [2.75, 3.05) is 20.2 Å². The van der Waals surface area contributed by atoms with E-state index in [-0.39, 0.29) is 17.9 Å². The number of methoxy groups -OCH3 is 1. The molecule has 2 atom stereocenters. The number of nitrogens with zero attached hydrogens (tertiary/aromatic N) is 2. The smallest absolute Gasteiger partial charge is 0.223 e. The van der Waals surface area contributed by atoms with Gasteiger partial charge in [0.25, 0.3) is 0 Å². The minimum Gasteiger partial charge on any atom is -0.496 e. The molecule has 1 aromatic heterocycles. The molecule has 2 aliphatic rings. The molecule has 2 heterocycles. The fourth-order valence-corrected chi connectivity index (χ4v) is 4.49. The highest BCUT2D eigenvalue weighted by Gasteiger charge is 2.35. The predicted molar refractivity (Wildman–Crippen MR) is 114 cm³/mol. The van der Waals surface area contributed by atoms with E-state index in [1.54, 1.807) is 7.11 Å². The van der Waals surface area contributed by atoms with Gasteiger partial charge in [0.2, 0.25) is 5.91 Å². The highest BCUT2D eigenvalue weighted by Crippen LogP contribution is 2.34. The second-order valence-electron chi connectivity index (χ2n) is 8.42. The van der Waals surface area contributed by atoms with Gasteiger partial charge in [-0.1, -0.05) is 24.3 Å². The number of carbonyl (C=O) groups is 1. The molecule has 1 aliphatic heterocycles. The number of aromatic nitrogens is 1. The summed E-state index contributed by atoms with van der Waals surface area (Å²) in [6.07, 6.45) is 6.09. The van der Waals surface area contributed by atoms with Crippen molar-refractivity contribution in [3.05, 3.63) is 59.4 Å². The molecule has 4 rings (SSSR count). The highest BCUT2D eigenvalue weighted by molar-refractivity contribution is 5.81. The number of amides is 1. The van der Waals surface area contributed by atoms with Crippen LogP contribution in [0.4, 0.5) is 0 Å². The highest BCUT2D eigenvalue weighted by atomic mass is 16.5. The van der Waals surface area contributed by atoms with Crippen molar-refractivity contribution in [1.29, 1.82) is 0 Å². The Bertz CT molecular complexity index is 835. The lowest BCUT2D eigenvalue weighted by molar-refractivity contribution is -0.123. The zero-order chi connectivity index (χ0) is 20.2. The SMILES string of the molecule is COc1c(C)cccc1CN1CCC[C@H]([C@H](NC(=O)C2CC2)c2ccccn2)C1. The van der Waals surface area contributed by atoms with Gasteiger partial charge < -0.3 is 10.1 Å². The van der Waals surface area contributed by atoms with Crippen LogP contribution in [0.1, 0.15) is 48.5 Å². The normalized spacial score (nSPS) is 20.8. The Morgan fingerprint density at radius 2 is 2.10 bits per heavy atom. The van der Waals surface area contributed by atoms with E-state index in [0.717, 1.165) is 56.8 Å². The van der Waals surface area contributed by atoms with Gasteiger partial charge in [-0.3, -0.25) is 14.7 Å². The molecule has 0 spiro atoms. The molecule has 154 valence electrons. The summed E-state index contributed by atoms with van der Waals surface area (Å²) in [5.41, 5.74) is 3.37. The molecule has 5 nitrogen and oxygen atoms in total. The van der Waals surface area contributed by atoms with Crippen molar-refractivity contribution < 1.29 is 9.53 Å². The molecule has 1 N–H and O–H groups in total. The molecule has 2 aromatic rings. The zero-order valence-electron chi connectivity index (χ0n) is 17.4. The first kappa shape index (κ1) is 19.9. The largest absolute Gasteiger partial charge is 0.496 e. The van der Waals surface area contributed by atoms with Gasteiger partial charge in [-0.05, 0) is 62.8 Å². The lowest BCUT2D eigenvalue weighted by atomic mass is 9.88. The Morgan fingerprint density at radius 1 is 1.24 bits per heavy atom. The van der Waals surface area contributed by atoms with Crippen LogP contribution in [0.3, 0.4) is 0 Å². The summed E-state index contributed by atoms with van der Waals surface area (Å²) in [4.78, 5) is 19.6. The molecule has 1 amide bonds. The molecule has 1 aromatic carbocycles. The standard InChI is InChI=1S/C24H31N3O2/c1-17-7-5-8-20(23(17)29-2)16-27-14-6-9-19(15-27)22(21-10-3-4-13-25-21)26-24(28)18-11-12-18/h3-5,7-8,10,13,18-19,22H,6,9,11-12,14-16H2,1-2H3,(H,26,28)/t19-,22-/m0/s1. The van der Waals surface area contributed by atoms with Crippen LogP contribution in [-0.2, 0) is 11.3 Å². The van der Waals surface area contributed by atoms with Crippen molar-refractivity contribution in [1.82, 2.24) is 15.2 Å². The van der Waals surface area contributed by atoms with Crippen molar-refractivity contribution in [3.63, 3.8) is 0 Å². The van der Waals surface area contributed by atoms with E-state index in [4.69, 9.17) is 4.74 Å². The van der Waals surface area contributed by atoms with Crippen LogP contribution in [0.15, 0.2) is 42.6 Å². The predicted octanol–water partition coefficient (Wildman–Crippen LogP) is 3.88. The van der Waals surface area contributed by atoms with E-state index in [2.05, 4.69) is 40.3 Å². The Morgan fingerprint density at radius 3 is 2.83 bits per heavy atom. The second kappa shape index (κ2) is 8.95. The minimum atomic E-state index is -0.0218. The van der Waals surface area contributed by atoms with Crippen LogP contribution < -0.4 is 10.1 Å². The molecular formula is C24H31N3O2. The third-order valence-electron chi connectivity index (χ3n) is 6.16. The fraction of sp³-hybridized carbons (Fsp3) is 0.500. The van der Waals surface area contributed by atoms with Gasteiger partial charge >= 0.3 is 0 Å². The van der Waals surface area contributed by atoms with Crippen molar-refractivity contribution in [3.8, 4) is 5.75 Å². The number of carbonyl (C=O) groups excluding carboxylic acids is 1. The van der Waals surface area contributed by atoms with Gasteiger partial charge in [-0.2, -0.15) is 0 Å². The van der Waals surface area contributed by atoms with E-state index in [9.17, 15) is 4.79 Å². The van der Waals surface area contributed by atoms with E-state index < -0.39 is 0 Å². The third kappa shape index (κ3) is 4.78. The van der Waals surface area contributed by atoms with Crippen LogP contribution in [-0.4, -0.2) is 36.0 Å².